The Balaban J connectivity index is 1.69. The summed E-state index contributed by atoms with van der Waals surface area (Å²) in [4.78, 5) is 13.0. The lowest BCUT2D eigenvalue weighted by molar-refractivity contribution is -0.274. The number of alkyl halides is 3. The van der Waals surface area contributed by atoms with E-state index >= 15 is 0 Å². The van der Waals surface area contributed by atoms with Crippen LogP contribution in [0.2, 0.25) is 0 Å². The van der Waals surface area contributed by atoms with Crippen molar-refractivity contribution in [1.29, 1.82) is 0 Å². The smallest absolute Gasteiger partial charge is 0.406 e. The molecule has 0 spiro atoms. The van der Waals surface area contributed by atoms with Gasteiger partial charge in [-0.15, -0.1) is 13.2 Å². The highest BCUT2D eigenvalue weighted by molar-refractivity contribution is 5.86. The summed E-state index contributed by atoms with van der Waals surface area (Å²) in [6.07, 6.45) is -3.15. The molecule has 4 aromatic rings. The minimum Gasteiger partial charge on any atom is -0.406 e. The number of halogens is 3. The van der Waals surface area contributed by atoms with Gasteiger partial charge in [-0.25, -0.2) is 4.68 Å². The fraction of sp³-hybridized carbons (Fsp3) is 0.0909. The molecule has 1 heterocycles. The van der Waals surface area contributed by atoms with Crippen molar-refractivity contribution < 1.29 is 17.9 Å². The van der Waals surface area contributed by atoms with Crippen LogP contribution in [0.5, 0.6) is 5.75 Å². The van der Waals surface area contributed by atoms with Crippen LogP contribution >= 0.6 is 0 Å². The van der Waals surface area contributed by atoms with E-state index in [9.17, 15) is 18.0 Å². The quantitative estimate of drug-likeness (QED) is 0.499. The summed E-state index contributed by atoms with van der Waals surface area (Å²) >= 11 is 0. The molecule has 3 aromatic carbocycles. The van der Waals surface area contributed by atoms with Crippen molar-refractivity contribution in [2.24, 2.45) is 0 Å². The van der Waals surface area contributed by atoms with Gasteiger partial charge in [-0.3, -0.25) is 4.79 Å². The molecule has 1 aromatic heterocycles. The maximum absolute atomic E-state index is 13.0. The van der Waals surface area contributed by atoms with E-state index in [-0.39, 0.29) is 17.9 Å². The molecule has 0 radical (unpaired) electrons. The summed E-state index contributed by atoms with van der Waals surface area (Å²) in [5.41, 5.74) is 8.37. The van der Waals surface area contributed by atoms with Gasteiger partial charge in [0.05, 0.1) is 18.1 Å². The second kappa shape index (κ2) is 7.55. The molecule has 0 amide bonds. The average molecular weight is 411 g/mol. The molecule has 5 nitrogen and oxygen atoms in total. The zero-order valence-corrected chi connectivity index (χ0v) is 15.6. The number of hydrogen-bond donors (Lipinski definition) is 1. The molecule has 0 aliphatic rings. The van der Waals surface area contributed by atoms with Crippen molar-refractivity contribution in [2.75, 3.05) is 5.73 Å². The van der Waals surface area contributed by atoms with E-state index in [2.05, 4.69) is 9.84 Å². The zero-order valence-electron chi connectivity index (χ0n) is 15.6. The number of rotatable bonds is 4. The molecule has 0 saturated heterocycles. The summed E-state index contributed by atoms with van der Waals surface area (Å²) < 4.78 is 42.2. The largest absolute Gasteiger partial charge is 0.573 e. The Bertz CT molecular complexity index is 1270. The molecule has 30 heavy (non-hydrogen) atoms. The van der Waals surface area contributed by atoms with E-state index in [0.29, 0.717) is 27.6 Å². The van der Waals surface area contributed by atoms with E-state index in [1.807, 2.05) is 18.2 Å². The number of benzene rings is 3. The molecule has 4 rings (SSSR count). The first-order valence-corrected chi connectivity index (χ1v) is 9.00. The average Bonchev–Trinajstić information content (AvgIpc) is 2.71. The van der Waals surface area contributed by atoms with Crippen LogP contribution in [0.3, 0.4) is 0 Å². The van der Waals surface area contributed by atoms with E-state index in [1.165, 1.54) is 28.9 Å². The lowest BCUT2D eigenvalue weighted by Crippen LogP contribution is -2.23. The fourth-order valence-electron chi connectivity index (χ4n) is 3.16. The Morgan fingerprint density at radius 2 is 1.67 bits per heavy atom. The van der Waals surface area contributed by atoms with E-state index in [0.717, 1.165) is 5.56 Å². The summed E-state index contributed by atoms with van der Waals surface area (Å²) in [5.74, 6) is -0.306. The molecule has 0 atom stereocenters. The standard InChI is InChI=1S/C22H16F3N3O2/c23-22(24,25)30-18-9-7-14(8-10-18)15-5-6-16-12-27-28(21(29)19(16)11-15)13-17-3-1-2-4-20(17)26/h1-12H,13,26H2. The van der Waals surface area contributed by atoms with Gasteiger partial charge in [0.25, 0.3) is 5.56 Å². The number of hydrogen-bond acceptors (Lipinski definition) is 4. The second-order valence-corrected chi connectivity index (χ2v) is 6.68. The Kier molecular flexibility index (Phi) is 4.91. The molecule has 0 bridgehead atoms. The van der Waals surface area contributed by atoms with Gasteiger partial charge in [-0.05, 0) is 41.0 Å². The lowest BCUT2D eigenvalue weighted by Gasteiger charge is -2.10. The molecule has 152 valence electrons. The van der Waals surface area contributed by atoms with Crippen LogP contribution in [0.25, 0.3) is 21.9 Å². The van der Waals surface area contributed by atoms with Crippen LogP contribution in [0, 0.1) is 0 Å². The van der Waals surface area contributed by atoms with Gasteiger partial charge in [0.2, 0.25) is 0 Å². The molecule has 0 fully saturated rings. The van der Waals surface area contributed by atoms with Crippen LogP contribution < -0.4 is 16.0 Å². The summed E-state index contributed by atoms with van der Waals surface area (Å²) in [6, 6.07) is 17.9. The molecule has 8 heteroatoms. The number of nitrogen functional groups attached to an aromatic ring is 1. The highest BCUT2D eigenvalue weighted by Gasteiger charge is 2.30. The van der Waals surface area contributed by atoms with Crippen molar-refractivity contribution in [3.8, 4) is 16.9 Å². The third-order valence-electron chi connectivity index (χ3n) is 4.65. The normalized spacial score (nSPS) is 11.6. The molecule has 0 unspecified atom stereocenters. The maximum Gasteiger partial charge on any atom is 0.573 e. The van der Waals surface area contributed by atoms with Crippen LogP contribution in [-0.2, 0) is 6.54 Å². The van der Waals surface area contributed by atoms with Gasteiger partial charge < -0.3 is 10.5 Å². The van der Waals surface area contributed by atoms with Crippen molar-refractivity contribution in [3.05, 3.63) is 88.8 Å². The van der Waals surface area contributed by atoms with E-state index < -0.39 is 6.36 Å². The zero-order chi connectivity index (χ0) is 21.3. The molecule has 0 aliphatic carbocycles. The predicted octanol–water partition coefficient (Wildman–Crippen LogP) is 4.59. The Labute approximate surface area is 169 Å². The van der Waals surface area contributed by atoms with Crippen molar-refractivity contribution in [1.82, 2.24) is 9.78 Å². The third kappa shape index (κ3) is 4.12. The number of nitrogens with two attached hydrogens (primary N) is 1. The lowest BCUT2D eigenvalue weighted by atomic mass is 10.0. The number of ether oxygens (including phenoxy) is 1. The topological polar surface area (TPSA) is 70.1 Å². The van der Waals surface area contributed by atoms with E-state index in [1.54, 1.807) is 30.5 Å². The van der Waals surface area contributed by atoms with Crippen LogP contribution in [0.15, 0.2) is 77.7 Å². The number of nitrogens with zero attached hydrogens (tertiary/aromatic N) is 2. The van der Waals surface area contributed by atoms with Gasteiger partial charge in [-0.1, -0.05) is 42.5 Å². The van der Waals surface area contributed by atoms with Gasteiger partial charge in [-0.2, -0.15) is 5.10 Å². The Morgan fingerprint density at radius 1 is 0.967 bits per heavy atom. The van der Waals surface area contributed by atoms with Crippen LogP contribution in [0.1, 0.15) is 5.56 Å². The van der Waals surface area contributed by atoms with Gasteiger partial charge in [0, 0.05) is 11.1 Å². The molecular formula is C22H16F3N3O2. The highest BCUT2D eigenvalue weighted by atomic mass is 19.4. The molecular weight excluding hydrogens is 395 g/mol. The number of para-hydroxylation sites is 1. The fourth-order valence-corrected chi connectivity index (χ4v) is 3.16. The van der Waals surface area contributed by atoms with Crippen molar-refractivity contribution in [2.45, 2.75) is 12.9 Å². The first kappa shape index (κ1) is 19.5. The summed E-state index contributed by atoms with van der Waals surface area (Å²) in [5, 5.41) is 5.33. The Hall–Kier alpha value is -3.81. The van der Waals surface area contributed by atoms with Crippen molar-refractivity contribution in [3.63, 3.8) is 0 Å². The molecule has 2 N–H and O–H groups in total. The Morgan fingerprint density at radius 3 is 2.37 bits per heavy atom. The minimum atomic E-state index is -4.75. The third-order valence-corrected chi connectivity index (χ3v) is 4.65. The van der Waals surface area contributed by atoms with Gasteiger partial charge in [0.15, 0.2) is 0 Å². The highest BCUT2D eigenvalue weighted by Crippen LogP contribution is 2.27. The summed E-state index contributed by atoms with van der Waals surface area (Å²) in [7, 11) is 0. The second-order valence-electron chi connectivity index (χ2n) is 6.68. The monoisotopic (exact) mass is 411 g/mol. The summed E-state index contributed by atoms with van der Waals surface area (Å²) in [6.45, 7) is 0.231. The van der Waals surface area contributed by atoms with Crippen LogP contribution in [-0.4, -0.2) is 16.1 Å². The van der Waals surface area contributed by atoms with Crippen LogP contribution in [0.4, 0.5) is 18.9 Å². The van der Waals surface area contributed by atoms with Gasteiger partial charge >= 0.3 is 6.36 Å². The molecule has 0 aliphatic heterocycles. The van der Waals surface area contributed by atoms with Crippen molar-refractivity contribution >= 4 is 16.5 Å². The van der Waals surface area contributed by atoms with Gasteiger partial charge in [0.1, 0.15) is 5.75 Å². The predicted molar refractivity (Wildman–Crippen MR) is 108 cm³/mol. The number of anilines is 1. The maximum atomic E-state index is 13.0. The van der Waals surface area contributed by atoms with E-state index in [4.69, 9.17) is 5.73 Å². The SMILES string of the molecule is Nc1ccccc1Cn1ncc2ccc(-c3ccc(OC(F)(F)F)cc3)cc2c1=O. The molecule has 0 saturated carbocycles. The number of fused-ring (bicyclic) bond motifs is 1. The number of aromatic nitrogens is 2. The first-order valence-electron chi connectivity index (χ1n) is 9.00. The first-order chi connectivity index (χ1) is 14.3. The minimum absolute atomic E-state index is 0.231.